The summed E-state index contributed by atoms with van der Waals surface area (Å²) in [6.07, 6.45) is 0. The first-order valence-corrected chi connectivity index (χ1v) is 3.41. The molecule has 2 nitrogen and oxygen atoms in total. The van der Waals surface area contributed by atoms with Crippen molar-refractivity contribution in [2.75, 3.05) is 20.1 Å². The molecule has 0 aromatic carbocycles. The maximum absolute atomic E-state index is 4.02. The molecular weight excluding hydrogens is 112 g/mol. The second kappa shape index (κ2) is 1.58. The van der Waals surface area contributed by atoms with Crippen LogP contribution in [0.15, 0.2) is 12.2 Å². The van der Waals surface area contributed by atoms with E-state index in [1.165, 1.54) is 5.57 Å². The highest BCUT2D eigenvalue weighted by molar-refractivity contribution is 5.26. The smallest absolute Gasteiger partial charge is 0.0443 e. The van der Waals surface area contributed by atoms with E-state index in [1.807, 2.05) is 0 Å². The number of likely N-dealkylation sites (tertiary alicyclic amines) is 1. The van der Waals surface area contributed by atoms with Crippen molar-refractivity contribution in [1.82, 2.24) is 10.2 Å². The number of nitrogens with one attached hydrogen (secondary N) is 1. The van der Waals surface area contributed by atoms with Gasteiger partial charge in [-0.05, 0) is 12.6 Å². The molecule has 2 aliphatic heterocycles. The Morgan fingerprint density at radius 1 is 1.78 bits per heavy atom. The van der Waals surface area contributed by atoms with Crippen LogP contribution in [0.2, 0.25) is 0 Å². The predicted octanol–water partition coefficient (Wildman–Crippen LogP) is -0.172. The van der Waals surface area contributed by atoms with Gasteiger partial charge in [-0.1, -0.05) is 6.58 Å². The third-order valence-electron chi connectivity index (χ3n) is 2.44. The highest BCUT2D eigenvalue weighted by Crippen LogP contribution is 2.25. The highest BCUT2D eigenvalue weighted by atomic mass is 15.3. The number of nitrogens with zero attached hydrogens (tertiary/aromatic N) is 1. The van der Waals surface area contributed by atoms with Crippen molar-refractivity contribution in [2.45, 2.75) is 12.1 Å². The van der Waals surface area contributed by atoms with Crippen LogP contribution in [-0.4, -0.2) is 37.1 Å². The molecule has 1 N–H and O–H groups in total. The van der Waals surface area contributed by atoms with Gasteiger partial charge in [0.05, 0.1) is 0 Å². The second-order valence-corrected chi connectivity index (χ2v) is 2.99. The first-order chi connectivity index (χ1) is 4.29. The van der Waals surface area contributed by atoms with E-state index in [1.54, 1.807) is 0 Å². The van der Waals surface area contributed by atoms with Gasteiger partial charge in [0.15, 0.2) is 0 Å². The average molecular weight is 124 g/mol. The highest BCUT2D eigenvalue weighted by Gasteiger charge is 2.38. The topological polar surface area (TPSA) is 15.3 Å². The Labute approximate surface area is 55.5 Å². The summed E-state index contributed by atoms with van der Waals surface area (Å²) in [5, 5.41) is 3.40. The van der Waals surface area contributed by atoms with E-state index < -0.39 is 0 Å². The number of piperazine rings is 1. The monoisotopic (exact) mass is 124 g/mol. The van der Waals surface area contributed by atoms with E-state index in [0.717, 1.165) is 13.1 Å². The molecule has 2 aliphatic rings. The Kier molecular flexibility index (Phi) is 0.957. The number of rotatable bonds is 0. The molecule has 2 bridgehead atoms. The average Bonchev–Trinajstić information content (AvgIpc) is 2.25. The standard InChI is InChI=1S/C7H12N2/c1-5-6-4-9(2)7(5)3-8-6/h6-8H,1,3-4H2,2H3/t6-,7-/m1/s1. The summed E-state index contributed by atoms with van der Waals surface area (Å²) in [5.74, 6) is 0. The summed E-state index contributed by atoms with van der Waals surface area (Å²) in [4.78, 5) is 2.36. The Bertz CT molecular complexity index is 153. The van der Waals surface area contributed by atoms with Crippen LogP contribution < -0.4 is 5.32 Å². The normalized spacial score (nSPS) is 42.6. The predicted molar refractivity (Wildman–Crippen MR) is 37.3 cm³/mol. The lowest BCUT2D eigenvalue weighted by atomic mass is 10.1. The quantitative estimate of drug-likeness (QED) is 0.451. The molecule has 9 heavy (non-hydrogen) atoms. The van der Waals surface area contributed by atoms with Crippen LogP contribution in [-0.2, 0) is 0 Å². The Morgan fingerprint density at radius 2 is 2.56 bits per heavy atom. The number of fused-ring (bicyclic) bond motifs is 2. The van der Waals surface area contributed by atoms with E-state index in [9.17, 15) is 0 Å². The lowest BCUT2D eigenvalue weighted by Crippen LogP contribution is -2.41. The van der Waals surface area contributed by atoms with Crippen LogP contribution in [0.3, 0.4) is 0 Å². The minimum Gasteiger partial charge on any atom is -0.307 e. The van der Waals surface area contributed by atoms with Gasteiger partial charge < -0.3 is 5.32 Å². The molecule has 0 unspecified atom stereocenters. The van der Waals surface area contributed by atoms with Crippen molar-refractivity contribution < 1.29 is 0 Å². The molecular formula is C7H12N2. The molecule has 0 aromatic heterocycles. The van der Waals surface area contributed by atoms with Crippen LogP contribution in [0.5, 0.6) is 0 Å². The van der Waals surface area contributed by atoms with E-state index in [-0.39, 0.29) is 0 Å². The van der Waals surface area contributed by atoms with Gasteiger partial charge in [-0.2, -0.15) is 0 Å². The van der Waals surface area contributed by atoms with E-state index >= 15 is 0 Å². The molecule has 0 amide bonds. The maximum atomic E-state index is 4.02. The summed E-state index contributed by atoms with van der Waals surface area (Å²) < 4.78 is 0. The summed E-state index contributed by atoms with van der Waals surface area (Å²) >= 11 is 0. The van der Waals surface area contributed by atoms with Crippen LogP contribution in [0.4, 0.5) is 0 Å². The molecule has 0 aliphatic carbocycles. The summed E-state index contributed by atoms with van der Waals surface area (Å²) in [6, 6.07) is 1.23. The lowest BCUT2D eigenvalue weighted by molar-refractivity contribution is 0.280. The fraction of sp³-hybridized carbons (Fsp3) is 0.714. The van der Waals surface area contributed by atoms with E-state index in [2.05, 4.69) is 23.8 Å². The van der Waals surface area contributed by atoms with Crippen molar-refractivity contribution in [3.63, 3.8) is 0 Å². The van der Waals surface area contributed by atoms with Crippen LogP contribution in [0.1, 0.15) is 0 Å². The summed E-state index contributed by atoms with van der Waals surface area (Å²) in [6.45, 7) is 6.29. The van der Waals surface area contributed by atoms with Gasteiger partial charge in [0.2, 0.25) is 0 Å². The molecule has 2 heterocycles. The van der Waals surface area contributed by atoms with Gasteiger partial charge in [-0.3, -0.25) is 4.90 Å². The zero-order valence-electron chi connectivity index (χ0n) is 5.72. The van der Waals surface area contributed by atoms with Gasteiger partial charge in [-0.15, -0.1) is 0 Å². The lowest BCUT2D eigenvalue weighted by Gasteiger charge is -2.21. The first kappa shape index (κ1) is 5.45. The molecule has 50 valence electrons. The third kappa shape index (κ3) is 0.575. The number of hydrogen-bond acceptors (Lipinski definition) is 2. The molecule has 0 spiro atoms. The molecule has 2 atom stereocenters. The molecule has 2 saturated heterocycles. The molecule has 2 rings (SSSR count). The van der Waals surface area contributed by atoms with E-state index in [0.29, 0.717) is 12.1 Å². The zero-order chi connectivity index (χ0) is 6.43. The van der Waals surface area contributed by atoms with Crippen LogP contribution >= 0.6 is 0 Å². The minimum absolute atomic E-state index is 0.597. The van der Waals surface area contributed by atoms with Gasteiger partial charge in [0, 0.05) is 25.2 Å². The number of likely N-dealkylation sites (N-methyl/N-ethyl adjacent to an activating group) is 1. The van der Waals surface area contributed by atoms with Crippen molar-refractivity contribution in [2.24, 2.45) is 0 Å². The van der Waals surface area contributed by atoms with Gasteiger partial charge >= 0.3 is 0 Å². The van der Waals surface area contributed by atoms with Gasteiger partial charge in [0.1, 0.15) is 0 Å². The van der Waals surface area contributed by atoms with E-state index in [4.69, 9.17) is 0 Å². The first-order valence-electron chi connectivity index (χ1n) is 3.41. The van der Waals surface area contributed by atoms with Crippen molar-refractivity contribution in [3.05, 3.63) is 12.2 Å². The molecule has 0 radical (unpaired) electrons. The van der Waals surface area contributed by atoms with Crippen molar-refractivity contribution in [3.8, 4) is 0 Å². The van der Waals surface area contributed by atoms with Gasteiger partial charge in [0.25, 0.3) is 0 Å². The SMILES string of the molecule is C=C1[C@H]2CN[C@@H]1CN2C. The Balaban J connectivity index is 2.26. The maximum Gasteiger partial charge on any atom is 0.0443 e. The van der Waals surface area contributed by atoms with Crippen LogP contribution in [0, 0.1) is 0 Å². The van der Waals surface area contributed by atoms with Crippen LogP contribution in [0.25, 0.3) is 0 Å². The summed E-state index contributed by atoms with van der Waals surface area (Å²) in [7, 11) is 2.16. The largest absolute Gasteiger partial charge is 0.307 e. The fourth-order valence-corrected chi connectivity index (χ4v) is 1.78. The summed E-state index contributed by atoms with van der Waals surface area (Å²) in [5.41, 5.74) is 1.39. The van der Waals surface area contributed by atoms with Gasteiger partial charge in [-0.25, -0.2) is 0 Å². The molecule has 0 aromatic rings. The second-order valence-electron chi connectivity index (χ2n) is 2.99. The minimum atomic E-state index is 0.597. The molecule has 2 fully saturated rings. The third-order valence-corrected chi connectivity index (χ3v) is 2.44. The van der Waals surface area contributed by atoms with Crippen molar-refractivity contribution >= 4 is 0 Å². The molecule has 2 heteroatoms. The Morgan fingerprint density at radius 3 is 2.78 bits per heavy atom. The molecule has 0 saturated carbocycles. The number of hydrogen-bond donors (Lipinski definition) is 1. The van der Waals surface area contributed by atoms with Crippen molar-refractivity contribution in [1.29, 1.82) is 0 Å². The zero-order valence-corrected chi connectivity index (χ0v) is 5.72. The fourth-order valence-electron chi connectivity index (χ4n) is 1.78. The Hall–Kier alpha value is -0.340.